The number of nitrogens with zero attached hydrogens (tertiary/aromatic N) is 3. The van der Waals surface area contributed by atoms with Crippen LogP contribution in [0.1, 0.15) is 16.2 Å². The Hall–Kier alpha value is -5.14. The number of rotatable bonds is 7. The van der Waals surface area contributed by atoms with Crippen LogP contribution in [0, 0.1) is 5.82 Å². The fraction of sp³-hybridized carbons (Fsp3) is 0.120. The lowest BCUT2D eigenvalue weighted by Crippen LogP contribution is -2.22. The predicted molar refractivity (Wildman–Crippen MR) is 132 cm³/mol. The van der Waals surface area contributed by atoms with Gasteiger partial charge in [-0.3, -0.25) is 15.1 Å². The van der Waals surface area contributed by atoms with Crippen molar-refractivity contribution < 1.29 is 36.6 Å². The van der Waals surface area contributed by atoms with Gasteiger partial charge in [0.2, 0.25) is 0 Å². The highest BCUT2D eigenvalue weighted by molar-refractivity contribution is 5.99. The third-order valence-corrected chi connectivity index (χ3v) is 5.17. The van der Waals surface area contributed by atoms with E-state index < -0.39 is 29.6 Å². The van der Waals surface area contributed by atoms with Crippen LogP contribution < -0.4 is 25.4 Å². The SMILES string of the molecule is CNC(=O)c1cc(Oc2ccc(NC(=O)Nc3cc(C(F)(F)F)nn3-c3ccc(OC)cc3)c(F)c2)ccn1. The van der Waals surface area contributed by atoms with Gasteiger partial charge in [-0.1, -0.05) is 0 Å². The van der Waals surface area contributed by atoms with E-state index in [2.05, 4.69) is 26.0 Å². The lowest BCUT2D eigenvalue weighted by Gasteiger charge is -2.12. The largest absolute Gasteiger partial charge is 0.497 e. The third kappa shape index (κ3) is 6.41. The van der Waals surface area contributed by atoms with E-state index in [1.165, 1.54) is 68.9 Å². The van der Waals surface area contributed by atoms with Crippen molar-refractivity contribution in [3.8, 4) is 22.9 Å². The van der Waals surface area contributed by atoms with Crippen molar-refractivity contribution in [2.45, 2.75) is 6.18 Å². The van der Waals surface area contributed by atoms with Crippen molar-refractivity contribution in [2.75, 3.05) is 24.8 Å². The second kappa shape index (κ2) is 11.1. The molecule has 0 atom stereocenters. The van der Waals surface area contributed by atoms with E-state index >= 15 is 0 Å². The fourth-order valence-corrected chi connectivity index (χ4v) is 3.32. The molecule has 0 fully saturated rings. The van der Waals surface area contributed by atoms with Crippen LogP contribution >= 0.6 is 0 Å². The highest BCUT2D eigenvalue weighted by Crippen LogP contribution is 2.32. The molecule has 2 aromatic carbocycles. The first-order valence-corrected chi connectivity index (χ1v) is 11.1. The Balaban J connectivity index is 1.50. The van der Waals surface area contributed by atoms with Gasteiger partial charge in [-0.05, 0) is 42.5 Å². The second-order valence-electron chi connectivity index (χ2n) is 7.80. The molecule has 4 rings (SSSR count). The quantitative estimate of drug-likeness (QED) is 0.274. The molecule has 0 aliphatic rings. The van der Waals surface area contributed by atoms with Crippen LogP contribution in [0.2, 0.25) is 0 Å². The summed E-state index contributed by atoms with van der Waals surface area (Å²) in [5.41, 5.74) is -1.21. The molecule has 2 heterocycles. The molecule has 0 spiro atoms. The van der Waals surface area contributed by atoms with Crippen molar-refractivity contribution in [3.63, 3.8) is 0 Å². The maximum Gasteiger partial charge on any atom is 0.435 e. The standard InChI is InChI=1S/C25H20F4N6O4/c1-30-23(36)20-12-17(9-10-31-20)39-16-7-8-19(18(26)11-16)32-24(37)33-22-13-21(25(27,28)29)34-35(22)14-3-5-15(38-2)6-4-14/h3-13H,1-2H3,(H,30,36)(H2,32,33,37). The van der Waals surface area contributed by atoms with Crippen LogP contribution in [0.15, 0.2) is 66.9 Å². The number of carbonyl (C=O) groups excluding carboxylic acids is 2. The number of pyridine rings is 1. The molecular weight excluding hydrogens is 524 g/mol. The Kier molecular flexibility index (Phi) is 7.65. The lowest BCUT2D eigenvalue weighted by molar-refractivity contribution is -0.141. The van der Waals surface area contributed by atoms with Crippen molar-refractivity contribution >= 4 is 23.4 Å². The summed E-state index contributed by atoms with van der Waals surface area (Å²) in [6, 6.07) is 11.9. The van der Waals surface area contributed by atoms with Crippen LogP contribution in [0.3, 0.4) is 0 Å². The summed E-state index contributed by atoms with van der Waals surface area (Å²) < 4.78 is 66.1. The van der Waals surface area contributed by atoms with Crippen molar-refractivity contribution in [3.05, 3.63) is 84.1 Å². The van der Waals surface area contributed by atoms with Crippen LogP contribution in [0.25, 0.3) is 5.69 Å². The molecule has 3 amide bonds. The minimum atomic E-state index is -4.78. The van der Waals surface area contributed by atoms with E-state index in [-0.39, 0.29) is 34.4 Å². The first-order valence-electron chi connectivity index (χ1n) is 11.1. The Morgan fingerprint density at radius 3 is 2.26 bits per heavy atom. The molecule has 0 saturated carbocycles. The molecule has 39 heavy (non-hydrogen) atoms. The number of halogens is 4. The molecule has 0 aliphatic heterocycles. The average Bonchev–Trinajstić information content (AvgIpc) is 3.34. The predicted octanol–water partition coefficient (Wildman–Crippen LogP) is 5.23. The number of anilines is 2. The minimum Gasteiger partial charge on any atom is -0.497 e. The Bertz CT molecular complexity index is 1510. The van der Waals surface area contributed by atoms with Gasteiger partial charge in [-0.25, -0.2) is 13.9 Å². The number of ether oxygens (including phenoxy) is 2. The smallest absolute Gasteiger partial charge is 0.435 e. The lowest BCUT2D eigenvalue weighted by atomic mass is 10.2. The zero-order valence-corrected chi connectivity index (χ0v) is 20.3. The van der Waals surface area contributed by atoms with E-state index in [1.54, 1.807) is 0 Å². The highest BCUT2D eigenvalue weighted by atomic mass is 19.4. The molecule has 0 radical (unpaired) electrons. The topological polar surface area (TPSA) is 119 Å². The molecule has 4 aromatic rings. The number of urea groups is 1. The monoisotopic (exact) mass is 544 g/mol. The van der Waals surface area contributed by atoms with Gasteiger partial charge in [-0.2, -0.15) is 18.3 Å². The van der Waals surface area contributed by atoms with Gasteiger partial charge in [0.05, 0.1) is 18.5 Å². The van der Waals surface area contributed by atoms with Gasteiger partial charge in [-0.15, -0.1) is 0 Å². The number of hydrogen-bond acceptors (Lipinski definition) is 6. The molecule has 2 aromatic heterocycles. The molecule has 14 heteroatoms. The van der Waals surface area contributed by atoms with Crippen molar-refractivity contribution in [1.29, 1.82) is 0 Å². The number of nitrogens with one attached hydrogen (secondary N) is 3. The van der Waals surface area contributed by atoms with E-state index in [9.17, 15) is 27.2 Å². The number of methoxy groups -OCH3 is 1. The van der Waals surface area contributed by atoms with Crippen LogP contribution in [-0.4, -0.2) is 40.9 Å². The van der Waals surface area contributed by atoms with Gasteiger partial charge in [0.25, 0.3) is 5.91 Å². The average molecular weight is 544 g/mol. The van der Waals surface area contributed by atoms with Crippen molar-refractivity contribution in [1.82, 2.24) is 20.1 Å². The summed E-state index contributed by atoms with van der Waals surface area (Å²) in [4.78, 5) is 28.2. The second-order valence-corrected chi connectivity index (χ2v) is 7.80. The molecule has 202 valence electrons. The van der Waals surface area contributed by atoms with E-state index in [4.69, 9.17) is 9.47 Å². The van der Waals surface area contributed by atoms with Crippen LogP contribution in [0.4, 0.5) is 33.9 Å². The van der Waals surface area contributed by atoms with Gasteiger partial charge < -0.3 is 20.1 Å². The third-order valence-electron chi connectivity index (χ3n) is 5.17. The number of amides is 3. The minimum absolute atomic E-state index is 0.0555. The normalized spacial score (nSPS) is 11.0. The van der Waals surface area contributed by atoms with Gasteiger partial charge in [0.1, 0.15) is 34.6 Å². The summed E-state index contributed by atoms with van der Waals surface area (Å²) in [6.07, 6.45) is -3.43. The Morgan fingerprint density at radius 2 is 1.62 bits per heavy atom. The zero-order valence-electron chi connectivity index (χ0n) is 20.3. The molecule has 0 saturated heterocycles. The maximum absolute atomic E-state index is 14.7. The number of alkyl halides is 3. The van der Waals surface area contributed by atoms with Gasteiger partial charge >= 0.3 is 12.2 Å². The zero-order chi connectivity index (χ0) is 28.2. The summed E-state index contributed by atoms with van der Waals surface area (Å²) >= 11 is 0. The summed E-state index contributed by atoms with van der Waals surface area (Å²) in [6.45, 7) is 0. The number of carbonyl (C=O) groups is 2. The van der Waals surface area contributed by atoms with Gasteiger partial charge in [0.15, 0.2) is 5.69 Å². The Labute approximate surface area is 218 Å². The molecular formula is C25H20F4N6O4. The number of benzene rings is 2. The van der Waals surface area contributed by atoms with E-state index in [0.29, 0.717) is 11.8 Å². The number of hydrogen-bond donors (Lipinski definition) is 3. The maximum atomic E-state index is 14.7. The summed E-state index contributed by atoms with van der Waals surface area (Å²) in [5.74, 6) is -0.896. The molecule has 0 aliphatic carbocycles. The van der Waals surface area contributed by atoms with Crippen LogP contribution in [-0.2, 0) is 6.18 Å². The first kappa shape index (κ1) is 26.9. The summed E-state index contributed by atoms with van der Waals surface area (Å²) in [5, 5.41) is 10.5. The summed E-state index contributed by atoms with van der Waals surface area (Å²) in [7, 11) is 2.87. The fourth-order valence-electron chi connectivity index (χ4n) is 3.32. The van der Waals surface area contributed by atoms with Crippen LogP contribution in [0.5, 0.6) is 17.2 Å². The highest BCUT2D eigenvalue weighted by Gasteiger charge is 2.35. The van der Waals surface area contributed by atoms with Gasteiger partial charge in [0, 0.05) is 31.4 Å². The Morgan fingerprint density at radius 1 is 0.923 bits per heavy atom. The molecule has 0 unspecified atom stereocenters. The molecule has 10 nitrogen and oxygen atoms in total. The van der Waals surface area contributed by atoms with E-state index in [1.807, 2.05) is 0 Å². The molecule has 3 N–H and O–H groups in total. The first-order chi connectivity index (χ1) is 18.6. The van der Waals surface area contributed by atoms with E-state index in [0.717, 1.165) is 10.7 Å². The molecule has 0 bridgehead atoms. The number of aromatic nitrogens is 3. The van der Waals surface area contributed by atoms with Crippen molar-refractivity contribution in [2.24, 2.45) is 0 Å².